The molecule has 7 heteroatoms. The molecule has 1 spiro atoms. The molecule has 0 bridgehead atoms. The summed E-state index contributed by atoms with van der Waals surface area (Å²) in [5.74, 6) is 0.00662. The van der Waals surface area contributed by atoms with Crippen molar-refractivity contribution in [1.82, 2.24) is 0 Å². The van der Waals surface area contributed by atoms with Crippen LogP contribution in [-0.4, -0.2) is 47.5 Å². The van der Waals surface area contributed by atoms with E-state index in [0.29, 0.717) is 12.8 Å². The van der Waals surface area contributed by atoms with Gasteiger partial charge >= 0.3 is 6.16 Å². The van der Waals surface area contributed by atoms with Gasteiger partial charge in [-0.25, -0.2) is 4.79 Å². The van der Waals surface area contributed by atoms with Crippen molar-refractivity contribution < 1.29 is 28.6 Å². The number of rotatable bonds is 4. The molecule has 0 amide bonds. The average Bonchev–Trinajstić information content (AvgIpc) is 3.42. The summed E-state index contributed by atoms with van der Waals surface area (Å²) in [6.07, 6.45) is 5.62. The number of epoxide rings is 1. The molecule has 0 N–H and O–H groups in total. The molecule has 4 aliphatic carbocycles. The van der Waals surface area contributed by atoms with Gasteiger partial charge in [0.2, 0.25) is 0 Å². The van der Waals surface area contributed by atoms with Gasteiger partial charge in [-0.1, -0.05) is 26.3 Å². The number of Topliss-reactive ketones (excluding diaryl/α,β-unsaturated/α-hetero) is 1. The highest BCUT2D eigenvalue weighted by atomic mass is 35.5. The Kier molecular flexibility index (Phi) is 4.93. The van der Waals surface area contributed by atoms with Crippen LogP contribution in [0.25, 0.3) is 0 Å². The van der Waals surface area contributed by atoms with Gasteiger partial charge in [0.15, 0.2) is 17.2 Å². The molecule has 1 heterocycles. The highest BCUT2D eigenvalue weighted by Gasteiger charge is 2.83. The lowest BCUT2D eigenvalue weighted by atomic mass is 9.46. The third kappa shape index (κ3) is 2.49. The SMILES string of the molecule is CCOC(=O)O[C@]1(C(=O)CCl)[C@@H](C)C[C@H]2[C@@H]3CCC4=CC(=O)CC[C@]4(C)[C@@]34O[C@H]4C[C@@]21C. The number of hydrogen-bond donors (Lipinski definition) is 0. The minimum atomic E-state index is -1.32. The zero-order chi connectivity index (χ0) is 23.1. The topological polar surface area (TPSA) is 82.2 Å². The third-order valence-electron chi connectivity index (χ3n) is 9.92. The van der Waals surface area contributed by atoms with E-state index in [9.17, 15) is 14.4 Å². The van der Waals surface area contributed by atoms with E-state index in [0.717, 1.165) is 25.7 Å². The lowest BCUT2D eigenvalue weighted by molar-refractivity contribution is -0.167. The fraction of sp³-hybridized carbons (Fsp3) is 0.800. The normalized spacial score (nSPS) is 48.5. The van der Waals surface area contributed by atoms with E-state index < -0.39 is 17.2 Å². The first kappa shape index (κ1) is 22.4. The monoisotopic (exact) mass is 464 g/mol. The molecule has 32 heavy (non-hydrogen) atoms. The zero-order valence-electron chi connectivity index (χ0n) is 19.4. The molecular weight excluding hydrogens is 432 g/mol. The van der Waals surface area contributed by atoms with Crippen molar-refractivity contribution in [1.29, 1.82) is 0 Å². The largest absolute Gasteiger partial charge is 0.509 e. The van der Waals surface area contributed by atoms with Crippen LogP contribution in [0.1, 0.15) is 66.2 Å². The summed E-state index contributed by atoms with van der Waals surface area (Å²) < 4.78 is 17.7. The Hall–Kier alpha value is -1.40. The number of carbonyl (C=O) groups excluding carboxylic acids is 3. The van der Waals surface area contributed by atoms with Crippen LogP contribution >= 0.6 is 11.6 Å². The Morgan fingerprint density at radius 3 is 2.69 bits per heavy atom. The molecule has 0 aromatic rings. The Morgan fingerprint density at radius 1 is 1.25 bits per heavy atom. The van der Waals surface area contributed by atoms with Crippen molar-refractivity contribution in [3.63, 3.8) is 0 Å². The van der Waals surface area contributed by atoms with E-state index in [4.69, 9.17) is 25.8 Å². The molecule has 5 rings (SSSR count). The lowest BCUT2D eigenvalue weighted by Gasteiger charge is -2.57. The summed E-state index contributed by atoms with van der Waals surface area (Å²) in [7, 11) is 0. The summed E-state index contributed by atoms with van der Waals surface area (Å²) in [5.41, 5.74) is -1.10. The highest BCUT2D eigenvalue weighted by Crippen LogP contribution is 2.77. The Bertz CT molecular complexity index is 914. The number of halogens is 1. The number of ketones is 2. The second kappa shape index (κ2) is 7.05. The molecule has 4 fully saturated rings. The predicted octanol–water partition coefficient (Wildman–Crippen LogP) is 4.62. The van der Waals surface area contributed by atoms with E-state index in [2.05, 4.69) is 13.8 Å². The molecule has 0 aromatic carbocycles. The third-order valence-corrected chi connectivity index (χ3v) is 10.2. The molecule has 5 aliphatic rings. The number of alkyl halides is 1. The smallest absolute Gasteiger partial charge is 0.435 e. The van der Waals surface area contributed by atoms with Gasteiger partial charge < -0.3 is 14.2 Å². The van der Waals surface area contributed by atoms with Crippen molar-refractivity contribution in [2.75, 3.05) is 12.5 Å². The van der Waals surface area contributed by atoms with E-state index >= 15 is 0 Å². The fourth-order valence-electron chi connectivity index (χ4n) is 8.58. The van der Waals surface area contributed by atoms with Crippen molar-refractivity contribution in [2.45, 2.75) is 83.5 Å². The maximum atomic E-state index is 13.4. The second-order valence-corrected chi connectivity index (χ2v) is 11.2. The zero-order valence-corrected chi connectivity index (χ0v) is 20.1. The lowest BCUT2D eigenvalue weighted by Crippen LogP contribution is -2.63. The van der Waals surface area contributed by atoms with Gasteiger partial charge in [-0.15, -0.1) is 11.6 Å². The van der Waals surface area contributed by atoms with E-state index in [1.54, 1.807) is 6.92 Å². The second-order valence-electron chi connectivity index (χ2n) is 11.0. The summed E-state index contributed by atoms with van der Waals surface area (Å²) >= 11 is 6.10. The summed E-state index contributed by atoms with van der Waals surface area (Å²) in [4.78, 5) is 38.1. The van der Waals surface area contributed by atoms with E-state index in [-0.39, 0.29) is 58.9 Å². The van der Waals surface area contributed by atoms with Crippen LogP contribution in [0.5, 0.6) is 0 Å². The van der Waals surface area contributed by atoms with Gasteiger partial charge in [0.1, 0.15) is 5.60 Å². The molecule has 0 aromatic heterocycles. The fourth-order valence-corrected chi connectivity index (χ4v) is 8.78. The molecule has 6 nitrogen and oxygen atoms in total. The molecule has 0 unspecified atom stereocenters. The highest BCUT2D eigenvalue weighted by molar-refractivity contribution is 6.29. The minimum absolute atomic E-state index is 0.0192. The predicted molar refractivity (Wildman–Crippen MR) is 117 cm³/mol. The first-order valence-corrected chi connectivity index (χ1v) is 12.5. The number of ether oxygens (including phenoxy) is 3. The van der Waals surface area contributed by atoms with Crippen molar-refractivity contribution in [2.24, 2.45) is 28.6 Å². The standard InChI is InChI=1S/C25H33ClO6/c1-5-30-21(29)32-24(19(28)13-26)14(2)10-18-17-7-6-15-11-16(27)8-9-22(15,3)25(17)20(31-25)12-23(18,24)4/h11,14,17-18,20H,5-10,12-13H2,1-4H3/t14-,17-,18-,20-,22-,23-,24-,25+/m0/s1. The van der Waals surface area contributed by atoms with Crippen LogP contribution < -0.4 is 0 Å². The van der Waals surface area contributed by atoms with Crippen LogP contribution in [0, 0.1) is 28.6 Å². The number of hydrogen-bond acceptors (Lipinski definition) is 6. The molecule has 1 aliphatic heterocycles. The Labute approximate surface area is 194 Å². The number of carbonyl (C=O) groups is 3. The van der Waals surface area contributed by atoms with Gasteiger partial charge in [-0.2, -0.15) is 0 Å². The Balaban J connectivity index is 1.57. The first-order chi connectivity index (χ1) is 15.1. The average molecular weight is 465 g/mol. The molecular formula is C25H33ClO6. The Morgan fingerprint density at radius 2 is 2.00 bits per heavy atom. The number of fused-ring (bicyclic) bond motifs is 3. The molecule has 1 saturated heterocycles. The van der Waals surface area contributed by atoms with Crippen molar-refractivity contribution in [3.05, 3.63) is 11.6 Å². The van der Waals surface area contributed by atoms with Crippen LogP contribution in [0.2, 0.25) is 0 Å². The van der Waals surface area contributed by atoms with Gasteiger partial charge in [0.05, 0.1) is 18.6 Å². The minimum Gasteiger partial charge on any atom is -0.435 e. The summed E-state index contributed by atoms with van der Waals surface area (Å²) in [5, 5.41) is 0. The van der Waals surface area contributed by atoms with Gasteiger partial charge in [-0.3, -0.25) is 9.59 Å². The van der Waals surface area contributed by atoms with Crippen LogP contribution in [0.3, 0.4) is 0 Å². The quantitative estimate of drug-likeness (QED) is 0.343. The van der Waals surface area contributed by atoms with Gasteiger partial charge in [-0.05, 0) is 56.9 Å². The summed E-state index contributed by atoms with van der Waals surface area (Å²) in [6.45, 7) is 8.26. The molecule has 3 saturated carbocycles. The van der Waals surface area contributed by atoms with E-state index in [1.807, 2.05) is 13.0 Å². The van der Waals surface area contributed by atoms with Crippen LogP contribution in [-0.2, 0) is 23.8 Å². The first-order valence-electron chi connectivity index (χ1n) is 12.0. The van der Waals surface area contributed by atoms with Gasteiger partial charge in [0.25, 0.3) is 0 Å². The van der Waals surface area contributed by atoms with Crippen molar-refractivity contribution >= 4 is 29.3 Å². The van der Waals surface area contributed by atoms with E-state index in [1.165, 1.54) is 5.57 Å². The van der Waals surface area contributed by atoms with Crippen LogP contribution in [0.15, 0.2) is 11.6 Å². The van der Waals surface area contributed by atoms with Gasteiger partial charge in [0, 0.05) is 23.2 Å². The maximum absolute atomic E-state index is 13.4. The van der Waals surface area contributed by atoms with Crippen LogP contribution in [0.4, 0.5) is 4.79 Å². The summed E-state index contributed by atoms with van der Waals surface area (Å²) in [6, 6.07) is 0. The molecule has 176 valence electrons. The molecule has 0 radical (unpaired) electrons. The maximum Gasteiger partial charge on any atom is 0.509 e. The molecule has 8 atom stereocenters. The van der Waals surface area contributed by atoms with Crippen molar-refractivity contribution in [3.8, 4) is 0 Å².